The fourth-order valence-electron chi connectivity index (χ4n) is 1.78. The first-order valence-electron chi connectivity index (χ1n) is 5.81. The first-order chi connectivity index (χ1) is 9.40. The standard InChI is InChI=1S/C14H13BrClN3O/c1-7-5-9(15)12(6-10(7)16)19-11-4-2-3-8(13(11)17)14(18)20/h2-6,19H,17H2,1H3,(H2,18,20). The first kappa shape index (κ1) is 14.7. The predicted octanol–water partition coefficient (Wildman–Crippen LogP) is 3.84. The van der Waals surface area contributed by atoms with Crippen LogP contribution < -0.4 is 16.8 Å². The molecule has 0 heterocycles. The molecule has 0 aliphatic carbocycles. The van der Waals surface area contributed by atoms with E-state index in [4.69, 9.17) is 23.1 Å². The summed E-state index contributed by atoms with van der Waals surface area (Å²) in [5.41, 5.74) is 14.1. The zero-order chi connectivity index (χ0) is 14.9. The molecule has 0 spiro atoms. The third-order valence-electron chi connectivity index (χ3n) is 2.89. The maximum absolute atomic E-state index is 11.3. The second kappa shape index (κ2) is 5.73. The molecule has 2 aromatic carbocycles. The molecule has 0 fully saturated rings. The Bertz CT molecular complexity index is 688. The minimum atomic E-state index is -0.563. The van der Waals surface area contributed by atoms with Gasteiger partial charge in [-0.05, 0) is 52.7 Å². The zero-order valence-corrected chi connectivity index (χ0v) is 13.0. The highest BCUT2D eigenvalue weighted by Gasteiger charge is 2.11. The van der Waals surface area contributed by atoms with Crippen molar-refractivity contribution in [2.24, 2.45) is 5.73 Å². The molecular weight excluding hydrogens is 342 g/mol. The van der Waals surface area contributed by atoms with E-state index in [-0.39, 0.29) is 5.56 Å². The number of carbonyl (C=O) groups excluding carboxylic acids is 1. The minimum absolute atomic E-state index is 0.282. The van der Waals surface area contributed by atoms with Crippen LogP contribution in [0.1, 0.15) is 15.9 Å². The van der Waals surface area contributed by atoms with E-state index in [1.807, 2.05) is 13.0 Å². The minimum Gasteiger partial charge on any atom is -0.396 e. The van der Waals surface area contributed by atoms with Gasteiger partial charge in [-0.25, -0.2) is 0 Å². The average molecular weight is 355 g/mol. The normalized spacial score (nSPS) is 10.3. The van der Waals surface area contributed by atoms with Crippen LogP contribution in [-0.2, 0) is 0 Å². The molecule has 0 unspecified atom stereocenters. The number of para-hydroxylation sites is 1. The summed E-state index contributed by atoms with van der Waals surface area (Å²) in [6.07, 6.45) is 0. The number of halogens is 2. The van der Waals surface area contributed by atoms with Gasteiger partial charge in [0.2, 0.25) is 0 Å². The van der Waals surface area contributed by atoms with E-state index < -0.39 is 5.91 Å². The van der Waals surface area contributed by atoms with Crippen LogP contribution in [0, 0.1) is 6.92 Å². The molecule has 0 aromatic heterocycles. The van der Waals surface area contributed by atoms with Gasteiger partial charge in [0.1, 0.15) is 0 Å². The molecule has 1 amide bonds. The van der Waals surface area contributed by atoms with Crippen molar-refractivity contribution in [3.05, 3.63) is 51.0 Å². The first-order valence-corrected chi connectivity index (χ1v) is 6.98. The topological polar surface area (TPSA) is 81.1 Å². The third kappa shape index (κ3) is 2.89. The molecule has 0 aliphatic rings. The van der Waals surface area contributed by atoms with E-state index in [0.29, 0.717) is 16.4 Å². The van der Waals surface area contributed by atoms with Gasteiger partial charge in [0.15, 0.2) is 0 Å². The zero-order valence-electron chi connectivity index (χ0n) is 10.7. The lowest BCUT2D eigenvalue weighted by atomic mass is 10.1. The van der Waals surface area contributed by atoms with Crippen LogP contribution in [0.15, 0.2) is 34.8 Å². The van der Waals surface area contributed by atoms with E-state index in [0.717, 1.165) is 15.7 Å². The van der Waals surface area contributed by atoms with Crippen molar-refractivity contribution in [2.75, 3.05) is 11.1 Å². The van der Waals surface area contributed by atoms with Crippen molar-refractivity contribution in [3.8, 4) is 0 Å². The number of hydrogen-bond donors (Lipinski definition) is 3. The number of nitrogen functional groups attached to an aromatic ring is 1. The van der Waals surface area contributed by atoms with Crippen molar-refractivity contribution in [1.82, 2.24) is 0 Å². The number of nitrogens with two attached hydrogens (primary N) is 2. The van der Waals surface area contributed by atoms with Crippen LogP contribution in [0.3, 0.4) is 0 Å². The van der Waals surface area contributed by atoms with Gasteiger partial charge in [0, 0.05) is 9.50 Å². The maximum Gasteiger partial charge on any atom is 0.250 e. The molecule has 0 saturated heterocycles. The third-order valence-corrected chi connectivity index (χ3v) is 3.95. The molecule has 2 aromatic rings. The van der Waals surface area contributed by atoms with Crippen molar-refractivity contribution < 1.29 is 4.79 Å². The lowest BCUT2D eigenvalue weighted by Gasteiger charge is -2.14. The number of hydrogen-bond acceptors (Lipinski definition) is 3. The van der Waals surface area contributed by atoms with Gasteiger partial charge in [-0.3, -0.25) is 4.79 Å². The van der Waals surface area contributed by atoms with Crippen LogP contribution in [0.4, 0.5) is 17.1 Å². The second-order valence-electron chi connectivity index (χ2n) is 4.34. The highest BCUT2D eigenvalue weighted by molar-refractivity contribution is 9.10. The Labute approximate surface area is 130 Å². The molecule has 0 bridgehead atoms. The van der Waals surface area contributed by atoms with Gasteiger partial charge in [-0.1, -0.05) is 17.7 Å². The van der Waals surface area contributed by atoms with E-state index in [2.05, 4.69) is 21.2 Å². The van der Waals surface area contributed by atoms with Crippen LogP contribution in [-0.4, -0.2) is 5.91 Å². The van der Waals surface area contributed by atoms with Crippen molar-refractivity contribution in [3.63, 3.8) is 0 Å². The molecule has 4 nitrogen and oxygen atoms in total. The summed E-state index contributed by atoms with van der Waals surface area (Å²) in [4.78, 5) is 11.3. The van der Waals surface area contributed by atoms with Crippen LogP contribution in [0.25, 0.3) is 0 Å². The van der Waals surface area contributed by atoms with Gasteiger partial charge in [-0.15, -0.1) is 0 Å². The monoisotopic (exact) mass is 353 g/mol. The van der Waals surface area contributed by atoms with Gasteiger partial charge >= 0.3 is 0 Å². The number of amides is 1. The fourth-order valence-corrected chi connectivity index (χ4v) is 2.50. The number of benzene rings is 2. The van der Waals surface area contributed by atoms with Gasteiger partial charge in [0.25, 0.3) is 5.91 Å². The molecule has 5 N–H and O–H groups in total. The van der Waals surface area contributed by atoms with Gasteiger partial charge < -0.3 is 16.8 Å². The summed E-state index contributed by atoms with van der Waals surface area (Å²) in [6, 6.07) is 8.75. The van der Waals surface area contributed by atoms with E-state index in [1.54, 1.807) is 24.3 Å². The fraction of sp³-hybridized carbons (Fsp3) is 0.0714. The Morgan fingerprint density at radius 2 is 2.00 bits per heavy atom. The summed E-state index contributed by atoms with van der Waals surface area (Å²) in [5.74, 6) is -0.563. The molecule has 0 saturated carbocycles. The average Bonchev–Trinajstić information content (AvgIpc) is 2.37. The number of primary amides is 1. The highest BCUT2D eigenvalue weighted by Crippen LogP contribution is 2.33. The number of carbonyl (C=O) groups is 1. The van der Waals surface area contributed by atoms with E-state index >= 15 is 0 Å². The smallest absolute Gasteiger partial charge is 0.250 e. The largest absolute Gasteiger partial charge is 0.396 e. The predicted molar refractivity (Wildman–Crippen MR) is 86.5 cm³/mol. The van der Waals surface area contributed by atoms with Crippen LogP contribution >= 0.6 is 27.5 Å². The maximum atomic E-state index is 11.3. The molecule has 6 heteroatoms. The quantitative estimate of drug-likeness (QED) is 0.733. The number of aryl methyl sites for hydroxylation is 1. The Balaban J connectivity index is 2.43. The molecule has 20 heavy (non-hydrogen) atoms. The second-order valence-corrected chi connectivity index (χ2v) is 5.60. The Hall–Kier alpha value is -1.72. The van der Waals surface area contributed by atoms with Crippen molar-refractivity contribution in [1.29, 1.82) is 0 Å². The molecule has 0 atom stereocenters. The summed E-state index contributed by atoms with van der Waals surface area (Å²) in [5, 5.41) is 3.78. The lowest BCUT2D eigenvalue weighted by Crippen LogP contribution is -2.14. The summed E-state index contributed by atoms with van der Waals surface area (Å²) in [6.45, 7) is 1.92. The Kier molecular flexibility index (Phi) is 4.20. The van der Waals surface area contributed by atoms with Gasteiger partial charge in [-0.2, -0.15) is 0 Å². The Morgan fingerprint density at radius 1 is 1.30 bits per heavy atom. The molecule has 0 aliphatic heterocycles. The van der Waals surface area contributed by atoms with Crippen LogP contribution in [0.5, 0.6) is 0 Å². The number of anilines is 3. The molecule has 104 valence electrons. The number of nitrogens with one attached hydrogen (secondary N) is 1. The summed E-state index contributed by atoms with van der Waals surface area (Å²) in [7, 11) is 0. The molecule has 0 radical (unpaired) electrons. The van der Waals surface area contributed by atoms with E-state index in [9.17, 15) is 4.79 Å². The number of rotatable bonds is 3. The summed E-state index contributed by atoms with van der Waals surface area (Å²) < 4.78 is 0.850. The van der Waals surface area contributed by atoms with Crippen LogP contribution in [0.2, 0.25) is 5.02 Å². The van der Waals surface area contributed by atoms with Gasteiger partial charge in [0.05, 0.1) is 22.6 Å². The highest BCUT2D eigenvalue weighted by atomic mass is 79.9. The molecular formula is C14H13BrClN3O. The SMILES string of the molecule is Cc1cc(Br)c(Nc2cccc(C(N)=O)c2N)cc1Cl. The summed E-state index contributed by atoms with van der Waals surface area (Å²) >= 11 is 9.56. The molecule has 2 rings (SSSR count). The van der Waals surface area contributed by atoms with Crippen molar-refractivity contribution >= 4 is 50.5 Å². The Morgan fingerprint density at radius 3 is 2.65 bits per heavy atom. The van der Waals surface area contributed by atoms with Crippen molar-refractivity contribution in [2.45, 2.75) is 6.92 Å². The lowest BCUT2D eigenvalue weighted by molar-refractivity contribution is 0.100. The van der Waals surface area contributed by atoms with E-state index in [1.165, 1.54) is 0 Å².